The average Bonchev–Trinajstić information content (AvgIpc) is 2.67. The third-order valence-corrected chi connectivity index (χ3v) is 4.43. The minimum Gasteiger partial charge on any atom is -0.406 e. The first kappa shape index (κ1) is 21.7. The van der Waals surface area contributed by atoms with Gasteiger partial charge < -0.3 is 9.47 Å². The van der Waals surface area contributed by atoms with Gasteiger partial charge in [0, 0.05) is 23.3 Å². The SMILES string of the molecule is CCOCn1c(-c2ccccc2Cl)cc(=O)n(-c2ccc(OC(F)(F)F)cc2)c1=O. The Bertz CT molecular complexity index is 1150. The predicted molar refractivity (Wildman–Crippen MR) is 105 cm³/mol. The maximum atomic E-state index is 13.1. The fourth-order valence-electron chi connectivity index (χ4n) is 2.81. The van der Waals surface area contributed by atoms with Gasteiger partial charge >= 0.3 is 12.1 Å². The lowest BCUT2D eigenvalue weighted by molar-refractivity contribution is -0.274. The van der Waals surface area contributed by atoms with E-state index in [4.69, 9.17) is 16.3 Å². The molecular formula is C20H16ClF3N2O4. The summed E-state index contributed by atoms with van der Waals surface area (Å²) >= 11 is 6.23. The van der Waals surface area contributed by atoms with Crippen molar-refractivity contribution in [1.82, 2.24) is 9.13 Å². The first-order chi connectivity index (χ1) is 14.2. The second-order valence-corrected chi connectivity index (χ2v) is 6.46. The van der Waals surface area contributed by atoms with Gasteiger partial charge in [-0.05, 0) is 37.3 Å². The van der Waals surface area contributed by atoms with Crippen molar-refractivity contribution in [2.45, 2.75) is 20.0 Å². The van der Waals surface area contributed by atoms with Crippen molar-refractivity contribution in [2.24, 2.45) is 0 Å². The summed E-state index contributed by atoms with van der Waals surface area (Å²) in [6.07, 6.45) is -4.85. The van der Waals surface area contributed by atoms with Crippen molar-refractivity contribution in [3.8, 4) is 22.7 Å². The van der Waals surface area contributed by atoms with E-state index in [1.807, 2.05) is 0 Å². The molecule has 0 N–H and O–H groups in total. The monoisotopic (exact) mass is 440 g/mol. The van der Waals surface area contributed by atoms with Crippen molar-refractivity contribution in [3.63, 3.8) is 0 Å². The zero-order valence-corrected chi connectivity index (χ0v) is 16.4. The largest absolute Gasteiger partial charge is 0.573 e. The Hall–Kier alpha value is -3.04. The van der Waals surface area contributed by atoms with Crippen LogP contribution in [0.25, 0.3) is 16.9 Å². The summed E-state index contributed by atoms with van der Waals surface area (Å²) in [5.74, 6) is -0.471. The molecule has 1 aromatic heterocycles. The van der Waals surface area contributed by atoms with Gasteiger partial charge in [0.05, 0.1) is 11.4 Å². The summed E-state index contributed by atoms with van der Waals surface area (Å²) in [5.41, 5.74) is -0.593. The fourth-order valence-corrected chi connectivity index (χ4v) is 3.04. The molecule has 30 heavy (non-hydrogen) atoms. The molecule has 0 atom stereocenters. The molecule has 1 heterocycles. The molecule has 0 aliphatic carbocycles. The first-order valence-electron chi connectivity index (χ1n) is 8.77. The Labute approximate surface area is 173 Å². The molecule has 0 amide bonds. The van der Waals surface area contributed by atoms with Crippen LogP contribution in [0.5, 0.6) is 5.75 Å². The van der Waals surface area contributed by atoms with E-state index in [9.17, 15) is 22.8 Å². The third kappa shape index (κ3) is 4.74. The van der Waals surface area contributed by atoms with E-state index in [-0.39, 0.29) is 18.1 Å². The molecule has 0 saturated heterocycles. The van der Waals surface area contributed by atoms with Crippen molar-refractivity contribution in [1.29, 1.82) is 0 Å². The topological polar surface area (TPSA) is 62.5 Å². The van der Waals surface area contributed by atoms with Gasteiger partial charge in [-0.1, -0.05) is 29.8 Å². The molecule has 2 aromatic carbocycles. The summed E-state index contributed by atoms with van der Waals surface area (Å²) < 4.78 is 48.3. The van der Waals surface area contributed by atoms with Gasteiger partial charge in [0.2, 0.25) is 0 Å². The molecule has 6 nitrogen and oxygen atoms in total. The number of ether oxygens (including phenoxy) is 2. The second-order valence-electron chi connectivity index (χ2n) is 6.06. The van der Waals surface area contributed by atoms with Crippen molar-refractivity contribution in [2.75, 3.05) is 6.61 Å². The number of alkyl halides is 3. The molecule has 0 saturated carbocycles. The number of benzene rings is 2. The number of rotatable bonds is 6. The van der Waals surface area contributed by atoms with Crippen LogP contribution in [-0.4, -0.2) is 22.1 Å². The average molecular weight is 441 g/mol. The lowest BCUT2D eigenvalue weighted by Gasteiger charge is -2.16. The summed E-state index contributed by atoms with van der Waals surface area (Å²) in [4.78, 5) is 25.8. The van der Waals surface area contributed by atoms with Gasteiger partial charge in [-0.2, -0.15) is 0 Å². The number of aromatic nitrogens is 2. The Morgan fingerprint density at radius 1 is 1.03 bits per heavy atom. The van der Waals surface area contributed by atoms with E-state index in [1.165, 1.54) is 22.8 Å². The van der Waals surface area contributed by atoms with Gasteiger partial charge in [0.25, 0.3) is 5.56 Å². The molecule has 0 unspecified atom stereocenters. The quantitative estimate of drug-likeness (QED) is 0.576. The van der Waals surface area contributed by atoms with Crippen molar-refractivity contribution >= 4 is 11.6 Å². The molecule has 3 aromatic rings. The maximum absolute atomic E-state index is 13.1. The molecule has 0 aliphatic heterocycles. The van der Waals surface area contributed by atoms with E-state index in [1.54, 1.807) is 31.2 Å². The van der Waals surface area contributed by atoms with Crippen molar-refractivity contribution in [3.05, 3.63) is 80.5 Å². The van der Waals surface area contributed by atoms with Crippen LogP contribution in [0.1, 0.15) is 6.92 Å². The number of nitrogens with zero attached hydrogens (tertiary/aromatic N) is 2. The molecule has 0 spiro atoms. The molecular weight excluding hydrogens is 425 g/mol. The minimum absolute atomic E-state index is 0.0791. The van der Waals surface area contributed by atoms with E-state index >= 15 is 0 Å². The van der Waals surface area contributed by atoms with Gasteiger partial charge in [0.15, 0.2) is 0 Å². The van der Waals surface area contributed by atoms with E-state index in [0.717, 1.165) is 16.7 Å². The highest BCUT2D eigenvalue weighted by molar-refractivity contribution is 6.33. The minimum atomic E-state index is -4.85. The van der Waals surface area contributed by atoms with E-state index in [0.29, 0.717) is 17.2 Å². The normalized spacial score (nSPS) is 11.5. The zero-order chi connectivity index (χ0) is 21.9. The Morgan fingerprint density at radius 3 is 2.30 bits per heavy atom. The van der Waals surface area contributed by atoms with Gasteiger partial charge in [-0.25, -0.2) is 9.36 Å². The highest BCUT2D eigenvalue weighted by Gasteiger charge is 2.31. The maximum Gasteiger partial charge on any atom is 0.573 e. The summed E-state index contributed by atoms with van der Waals surface area (Å²) in [5, 5.41) is 0.341. The fraction of sp³-hybridized carbons (Fsp3) is 0.200. The molecule has 0 bridgehead atoms. The molecule has 10 heteroatoms. The Kier molecular flexibility index (Phi) is 6.33. The van der Waals surface area contributed by atoms with Crippen LogP contribution < -0.4 is 16.0 Å². The van der Waals surface area contributed by atoms with Crippen LogP contribution in [0.4, 0.5) is 13.2 Å². The van der Waals surface area contributed by atoms with Crippen LogP contribution in [0.15, 0.2) is 64.2 Å². The molecule has 0 radical (unpaired) electrons. The summed E-state index contributed by atoms with van der Waals surface area (Å²) in [6.45, 7) is 1.91. The third-order valence-electron chi connectivity index (χ3n) is 4.10. The lowest BCUT2D eigenvalue weighted by Crippen LogP contribution is -2.39. The number of halogens is 4. The first-order valence-corrected chi connectivity index (χ1v) is 9.15. The Morgan fingerprint density at radius 2 is 1.70 bits per heavy atom. The van der Waals surface area contributed by atoms with Gasteiger partial charge in [-0.15, -0.1) is 13.2 Å². The van der Waals surface area contributed by atoms with Crippen LogP contribution in [-0.2, 0) is 11.5 Å². The standard InChI is InChI=1S/C20H16ClF3N2O4/c1-2-29-12-25-17(15-5-3-4-6-16(15)21)11-18(27)26(19(25)28)13-7-9-14(10-8-13)30-20(22,23)24/h3-11H,2,12H2,1H3. The van der Waals surface area contributed by atoms with Gasteiger partial charge in [0.1, 0.15) is 12.5 Å². The lowest BCUT2D eigenvalue weighted by atomic mass is 10.1. The molecule has 3 rings (SSSR count). The Balaban J connectivity index is 2.14. The van der Waals surface area contributed by atoms with Crippen molar-refractivity contribution < 1.29 is 22.6 Å². The number of hydrogen-bond acceptors (Lipinski definition) is 4. The number of hydrogen-bond donors (Lipinski definition) is 0. The van der Waals surface area contributed by atoms with E-state index < -0.39 is 23.4 Å². The van der Waals surface area contributed by atoms with Gasteiger partial charge in [-0.3, -0.25) is 9.36 Å². The smallest absolute Gasteiger partial charge is 0.406 e. The second kappa shape index (κ2) is 8.76. The highest BCUT2D eigenvalue weighted by atomic mass is 35.5. The summed E-state index contributed by atoms with van der Waals surface area (Å²) in [6, 6.07) is 12.3. The van der Waals surface area contributed by atoms with Crippen LogP contribution in [0.2, 0.25) is 5.02 Å². The zero-order valence-electron chi connectivity index (χ0n) is 15.6. The highest BCUT2D eigenvalue weighted by Crippen LogP contribution is 2.26. The van der Waals surface area contributed by atoms with Crippen LogP contribution >= 0.6 is 11.6 Å². The van der Waals surface area contributed by atoms with Crippen LogP contribution in [0, 0.1) is 0 Å². The van der Waals surface area contributed by atoms with Crippen LogP contribution in [0.3, 0.4) is 0 Å². The van der Waals surface area contributed by atoms with E-state index in [2.05, 4.69) is 4.74 Å². The summed E-state index contributed by atoms with van der Waals surface area (Å²) in [7, 11) is 0. The predicted octanol–water partition coefficient (Wildman–Crippen LogP) is 4.21. The molecule has 0 aliphatic rings. The molecule has 158 valence electrons. The molecule has 0 fully saturated rings.